The van der Waals surface area contributed by atoms with Gasteiger partial charge in [-0.2, -0.15) is 5.06 Å². The fourth-order valence-corrected chi connectivity index (χ4v) is 12.0. The van der Waals surface area contributed by atoms with Gasteiger partial charge in [-0.25, -0.2) is 4.99 Å². The number of aliphatic hydroxyl groups excluding tert-OH is 1. The van der Waals surface area contributed by atoms with Crippen LogP contribution in [0.3, 0.4) is 0 Å². The van der Waals surface area contributed by atoms with Gasteiger partial charge in [0.05, 0.1) is 12.6 Å². The number of para-hydroxylation sites is 1. The molecule has 16 N–H and O–H groups in total. The zero-order chi connectivity index (χ0) is 71.3. The molecule has 0 spiro atoms. The molecular formula is C68H85N17O14. The SMILES string of the molecule is CC(=O)ON(CC(N)=O)C(=O)[C@@H]1CCCN1C(=O)[C@H](CCCN=C(N)N)NC(=O)[C@H](CC(C)C)NC(=O)[C@@H](Cc1ccc2ccccc2c1)NC(=O)[C@H](Cc1ccccc1)NC(=O)[C@H](CO)NC(=O)[C@H](Cc1c[nH]c2ccccc12)NC(=O)[C@H](CC1C=NC=N1)NC(=O)[C@@H]1CCC(=O)N1. The number of hydrogen-bond acceptors (Lipinski definition) is 17. The van der Waals surface area contributed by atoms with Gasteiger partial charge in [-0.3, -0.25) is 67.5 Å². The molecule has 8 rings (SSSR count). The van der Waals surface area contributed by atoms with Crippen molar-refractivity contribution in [1.82, 2.24) is 57.5 Å². The lowest BCUT2D eigenvalue weighted by molar-refractivity contribution is -0.199. The zero-order valence-corrected chi connectivity index (χ0v) is 55.1. The predicted octanol–water partition coefficient (Wildman–Crippen LogP) is -1.23. The second kappa shape index (κ2) is 35.2. The van der Waals surface area contributed by atoms with Crippen LogP contribution in [0.5, 0.6) is 0 Å². The van der Waals surface area contributed by atoms with E-state index in [1.54, 1.807) is 74.6 Å². The monoisotopic (exact) mass is 1360 g/mol. The molecule has 1 unspecified atom stereocenters. The summed E-state index contributed by atoms with van der Waals surface area (Å²) in [6.45, 7) is 2.84. The summed E-state index contributed by atoms with van der Waals surface area (Å²) in [6, 6.07) is 15.4. The Morgan fingerprint density at radius 3 is 1.94 bits per heavy atom. The molecule has 31 heteroatoms. The van der Waals surface area contributed by atoms with Crippen LogP contribution >= 0.6 is 0 Å². The van der Waals surface area contributed by atoms with E-state index < -0.39 is 139 Å². The normalized spacial score (nSPS) is 17.6. The third-order valence-corrected chi connectivity index (χ3v) is 16.9. The molecule has 1 aromatic heterocycles. The Bertz CT molecular complexity index is 3850. The molecule has 4 aromatic carbocycles. The van der Waals surface area contributed by atoms with Crippen molar-refractivity contribution in [2.24, 2.45) is 38.1 Å². The molecule has 4 heterocycles. The maximum atomic E-state index is 15.2. The molecule has 3 aliphatic heterocycles. The van der Waals surface area contributed by atoms with Crippen LogP contribution in [-0.4, -0.2) is 196 Å². The number of hydrogen-bond donors (Lipinski definition) is 13. The molecule has 526 valence electrons. The number of carbonyl (C=O) groups excluding carboxylic acids is 12. The number of aliphatic imine (C=N–C) groups is 3. The van der Waals surface area contributed by atoms with E-state index >= 15 is 9.59 Å². The molecule has 0 bridgehead atoms. The van der Waals surface area contributed by atoms with Gasteiger partial charge >= 0.3 is 5.97 Å². The van der Waals surface area contributed by atoms with Crippen LogP contribution in [0.2, 0.25) is 0 Å². The number of rotatable bonds is 33. The van der Waals surface area contributed by atoms with Crippen molar-refractivity contribution in [2.75, 3.05) is 26.2 Å². The third-order valence-electron chi connectivity index (χ3n) is 16.9. The number of fused-ring (bicyclic) bond motifs is 2. The molecule has 99 heavy (non-hydrogen) atoms. The van der Waals surface area contributed by atoms with E-state index in [1.807, 2.05) is 42.5 Å². The van der Waals surface area contributed by atoms with E-state index in [4.69, 9.17) is 22.0 Å². The van der Waals surface area contributed by atoms with Crippen LogP contribution in [0.15, 0.2) is 118 Å². The fraction of sp³-hybridized carbons (Fsp3) is 0.426. The van der Waals surface area contributed by atoms with Gasteiger partial charge in [0.2, 0.25) is 59.1 Å². The van der Waals surface area contributed by atoms with E-state index in [9.17, 15) is 53.1 Å². The summed E-state index contributed by atoms with van der Waals surface area (Å²) in [6.07, 6.45) is 4.53. The maximum Gasteiger partial charge on any atom is 0.329 e. The summed E-state index contributed by atoms with van der Waals surface area (Å²) >= 11 is 0. The Balaban J connectivity index is 1.05. The number of aliphatic hydroxyl groups is 1. The summed E-state index contributed by atoms with van der Waals surface area (Å²) in [5.41, 5.74) is 19.0. The summed E-state index contributed by atoms with van der Waals surface area (Å²) < 4.78 is 0. The lowest BCUT2D eigenvalue weighted by Gasteiger charge is -2.32. The van der Waals surface area contributed by atoms with Gasteiger partial charge in [0.25, 0.3) is 5.91 Å². The maximum absolute atomic E-state index is 15.2. The van der Waals surface area contributed by atoms with Crippen molar-refractivity contribution in [3.63, 3.8) is 0 Å². The molecule has 0 aliphatic carbocycles. The first-order valence-electron chi connectivity index (χ1n) is 32.7. The van der Waals surface area contributed by atoms with E-state index in [1.165, 1.54) is 17.5 Å². The van der Waals surface area contributed by atoms with E-state index in [2.05, 4.69) is 62.5 Å². The van der Waals surface area contributed by atoms with E-state index in [-0.39, 0.29) is 95.1 Å². The standard InChI is InChI=1S/C68H85N17O14/c1-38(2)27-50(60(91)77-49(19-11-25-73-68(70)71)66(97)84-26-12-20-56(84)67(98)85(35-57(69)88)99-39(3)87)78-62(93)52(30-41-21-22-42-15-7-8-16-43(42)28-41)79-61(92)51(29-40-13-5-4-6-14-40)80-65(96)55(36-86)83-63(94)53(31-44-33-74-47-18-10-9-17-46(44)47)81-64(95)54(32-45-34-72-37-75-45)82-59(90)48-23-24-58(89)76-48/h4-10,13-18,21-22,28,33-34,37-38,45,48-56,74,86H,11-12,19-20,23-27,29-32,35-36H2,1-3H3,(H2,69,88)(H,76,89)(H,77,91)(H,78,93)(H,79,92)(H,80,96)(H,81,95)(H,82,90)(H,83,94)(H4,70,71,73)/t45?,48-,49-,50-,51-,52+,53-,54-,55-,56-/m0/s1. The quantitative estimate of drug-likeness (QED) is 0.0101. The Kier molecular flexibility index (Phi) is 26.2. The highest BCUT2D eigenvalue weighted by atomic mass is 16.7. The van der Waals surface area contributed by atoms with E-state index in [0.717, 1.165) is 17.7 Å². The van der Waals surface area contributed by atoms with Crippen LogP contribution in [0, 0.1) is 5.92 Å². The average Bonchev–Trinajstić information content (AvgIpc) is 1.80. The van der Waals surface area contributed by atoms with Crippen LogP contribution in [0.25, 0.3) is 21.7 Å². The highest BCUT2D eigenvalue weighted by molar-refractivity contribution is 6.00. The Morgan fingerprint density at radius 2 is 1.30 bits per heavy atom. The Labute approximate surface area is 570 Å². The molecule has 31 nitrogen and oxygen atoms in total. The van der Waals surface area contributed by atoms with Crippen LogP contribution in [0.1, 0.15) is 88.8 Å². The number of carbonyl (C=O) groups is 12. The van der Waals surface area contributed by atoms with Gasteiger partial charge in [-0.15, -0.1) is 0 Å². The van der Waals surface area contributed by atoms with Crippen LogP contribution < -0.4 is 59.7 Å². The Morgan fingerprint density at radius 1 is 0.697 bits per heavy atom. The molecule has 3 aliphatic rings. The van der Waals surface area contributed by atoms with Gasteiger partial charge < -0.3 is 79.6 Å². The number of benzene rings is 4. The average molecular weight is 1360 g/mol. The van der Waals surface area contributed by atoms with Crippen LogP contribution in [-0.2, 0) is 81.6 Å². The number of nitrogens with one attached hydrogen (secondary N) is 9. The highest BCUT2D eigenvalue weighted by Gasteiger charge is 2.42. The van der Waals surface area contributed by atoms with Crippen molar-refractivity contribution in [3.05, 3.63) is 120 Å². The first-order chi connectivity index (χ1) is 47.4. The van der Waals surface area contributed by atoms with Crippen molar-refractivity contribution in [3.8, 4) is 0 Å². The van der Waals surface area contributed by atoms with Gasteiger partial charge in [0, 0.05) is 75.4 Å². The minimum atomic E-state index is -1.78. The van der Waals surface area contributed by atoms with Crippen molar-refractivity contribution in [2.45, 2.75) is 152 Å². The number of nitrogens with two attached hydrogens (primary N) is 3. The Hall–Kier alpha value is -11.1. The third kappa shape index (κ3) is 21.2. The molecule has 2 saturated heterocycles. The first kappa shape index (κ1) is 73.7. The largest absolute Gasteiger partial charge is 0.394 e. The lowest BCUT2D eigenvalue weighted by atomic mass is 9.98. The van der Waals surface area contributed by atoms with Gasteiger partial charge in [0.1, 0.15) is 67.3 Å². The predicted molar refractivity (Wildman–Crippen MR) is 364 cm³/mol. The topological polar surface area (TPSA) is 468 Å². The summed E-state index contributed by atoms with van der Waals surface area (Å²) in [5.74, 6) is -10.5. The van der Waals surface area contributed by atoms with Crippen molar-refractivity contribution >= 4 is 111 Å². The number of amides is 11. The second-order valence-electron chi connectivity index (χ2n) is 25.0. The molecule has 0 radical (unpaired) electrons. The van der Waals surface area contributed by atoms with Gasteiger partial charge in [0.15, 0.2) is 5.96 Å². The minimum Gasteiger partial charge on any atom is -0.394 e. The van der Waals surface area contributed by atoms with E-state index in [0.29, 0.717) is 39.1 Å². The molecule has 2 fully saturated rings. The summed E-state index contributed by atoms with van der Waals surface area (Å²) in [7, 11) is 0. The molecule has 10 atom stereocenters. The number of aromatic amines is 1. The minimum absolute atomic E-state index is 0.00496. The number of aromatic nitrogens is 1. The van der Waals surface area contributed by atoms with Crippen molar-refractivity contribution in [1.29, 1.82) is 0 Å². The van der Waals surface area contributed by atoms with Gasteiger partial charge in [-0.1, -0.05) is 105 Å². The second-order valence-corrected chi connectivity index (χ2v) is 25.0. The number of nitrogens with zero attached hydrogens (tertiary/aromatic N) is 5. The molecule has 11 amide bonds. The molecule has 0 saturated carbocycles. The first-order valence-corrected chi connectivity index (χ1v) is 32.7. The molecule has 5 aromatic rings. The lowest BCUT2D eigenvalue weighted by Crippen LogP contribution is -2.61. The number of guanidine groups is 1. The van der Waals surface area contributed by atoms with Crippen LogP contribution in [0.4, 0.5) is 0 Å². The number of likely N-dealkylation sites (tertiary alicyclic amines) is 1. The highest BCUT2D eigenvalue weighted by Crippen LogP contribution is 2.24. The zero-order valence-electron chi connectivity index (χ0n) is 55.1. The summed E-state index contributed by atoms with van der Waals surface area (Å²) in [5, 5.41) is 35.5. The summed E-state index contributed by atoms with van der Waals surface area (Å²) in [4.78, 5) is 189. The number of primary amides is 1. The molecular weight excluding hydrogens is 1280 g/mol. The number of H-pyrrole nitrogens is 1. The van der Waals surface area contributed by atoms with Crippen molar-refractivity contribution < 1.29 is 67.5 Å². The fourth-order valence-electron chi connectivity index (χ4n) is 12.0. The smallest absolute Gasteiger partial charge is 0.329 e. The number of hydroxylamine groups is 2. The van der Waals surface area contributed by atoms with Gasteiger partial charge in [-0.05, 0) is 78.0 Å².